The van der Waals surface area contributed by atoms with Gasteiger partial charge in [-0.15, -0.1) is 0 Å². The zero-order valence-electron chi connectivity index (χ0n) is 34.7. The number of para-hydroxylation sites is 2. The molecule has 11 rings (SSSR count). The second-order valence-corrected chi connectivity index (χ2v) is 16.6. The highest BCUT2D eigenvalue weighted by Crippen LogP contribution is 2.54. The van der Waals surface area contributed by atoms with Crippen LogP contribution < -0.4 is 0 Å². The maximum atomic E-state index is 4.96. The van der Waals surface area contributed by atoms with Crippen molar-refractivity contribution >= 4 is 65.5 Å². The number of rotatable bonds is 7. The summed E-state index contributed by atoms with van der Waals surface area (Å²) in [6.07, 6.45) is 7.55. The lowest BCUT2D eigenvalue weighted by molar-refractivity contribution is 0.661. The molecule has 0 saturated heterocycles. The van der Waals surface area contributed by atoms with E-state index in [-0.39, 0.29) is 5.41 Å². The number of benzene rings is 7. The Balaban J connectivity index is 1.24. The van der Waals surface area contributed by atoms with Crippen molar-refractivity contribution in [2.24, 2.45) is 0 Å². The Labute approximate surface area is 355 Å². The predicted octanol–water partition coefficient (Wildman–Crippen LogP) is 14.4. The molecule has 0 N–H and O–H groups in total. The zero-order valence-corrected chi connectivity index (χ0v) is 34.7. The van der Waals surface area contributed by atoms with E-state index < -0.39 is 0 Å². The number of fused-ring (bicyclic) bond motifs is 12. The molecule has 0 saturated carbocycles. The summed E-state index contributed by atoms with van der Waals surface area (Å²) in [5, 5.41) is 7.38. The van der Waals surface area contributed by atoms with Crippen molar-refractivity contribution in [2.75, 3.05) is 0 Å². The van der Waals surface area contributed by atoms with Crippen LogP contribution in [0.2, 0.25) is 0 Å². The van der Waals surface area contributed by atoms with Crippen LogP contribution in [-0.2, 0) is 5.41 Å². The molecule has 3 heterocycles. The highest BCUT2D eigenvalue weighted by Gasteiger charge is 2.38. The fraction of sp³-hybridized carbons (Fsp3) is 0.0893. The molecule has 0 unspecified atom stereocenters. The quantitative estimate of drug-likeness (QED) is 0.151. The molecule has 0 amide bonds. The van der Waals surface area contributed by atoms with E-state index in [0.29, 0.717) is 17.5 Å². The lowest BCUT2D eigenvalue weighted by atomic mass is 9.82. The Morgan fingerprint density at radius 3 is 1.97 bits per heavy atom. The van der Waals surface area contributed by atoms with Crippen molar-refractivity contribution in [3.8, 4) is 33.9 Å². The highest BCUT2D eigenvalue weighted by molar-refractivity contribution is 6.26. The van der Waals surface area contributed by atoms with Crippen LogP contribution in [0.15, 0.2) is 177 Å². The molecule has 1 aliphatic carbocycles. The summed E-state index contributed by atoms with van der Waals surface area (Å²) in [5.41, 5.74) is 14.5. The minimum absolute atomic E-state index is 0.162. The van der Waals surface area contributed by atoms with Crippen molar-refractivity contribution in [3.05, 3.63) is 200 Å². The Hall–Kier alpha value is -7.63. The maximum Gasteiger partial charge on any atom is 0.164 e. The van der Waals surface area contributed by atoms with Crippen molar-refractivity contribution in [1.82, 2.24) is 24.1 Å². The van der Waals surface area contributed by atoms with E-state index in [0.717, 1.165) is 33.6 Å². The summed E-state index contributed by atoms with van der Waals surface area (Å²) < 4.78 is 4.96. The number of hydrogen-bond acceptors (Lipinski definition) is 3. The van der Waals surface area contributed by atoms with Gasteiger partial charge < -0.3 is 9.13 Å². The van der Waals surface area contributed by atoms with Gasteiger partial charge in [0.15, 0.2) is 17.5 Å². The molecule has 0 atom stereocenters. The van der Waals surface area contributed by atoms with E-state index in [4.69, 9.17) is 15.0 Å². The summed E-state index contributed by atoms with van der Waals surface area (Å²) in [4.78, 5) is 14.7. The van der Waals surface area contributed by atoms with E-state index in [2.05, 4.69) is 176 Å². The largest absolute Gasteiger partial charge is 0.309 e. The first-order chi connectivity index (χ1) is 29.8. The molecule has 3 aromatic heterocycles. The van der Waals surface area contributed by atoms with Crippen LogP contribution in [0.5, 0.6) is 0 Å². The third-order valence-electron chi connectivity index (χ3n) is 12.7. The fourth-order valence-electron chi connectivity index (χ4n) is 9.88. The van der Waals surface area contributed by atoms with Gasteiger partial charge >= 0.3 is 0 Å². The van der Waals surface area contributed by atoms with Crippen LogP contribution in [0.25, 0.3) is 99.4 Å². The molecular formula is C56H43N5. The second kappa shape index (κ2) is 13.7. The topological polar surface area (TPSA) is 48.5 Å². The van der Waals surface area contributed by atoms with Crippen LogP contribution in [-0.4, -0.2) is 24.1 Å². The minimum Gasteiger partial charge on any atom is -0.309 e. The SMILES string of the molecule is C=C/C=C(\C)c1nc(C(=C)/C=C\C)nc(-c2ccc(-n3c4cc(-n5c6ccccc6c6ccccc65)c5ccccc5c4c4ccc5c(c43)-c3ccccc3C5(C)C)cc2)n1. The summed E-state index contributed by atoms with van der Waals surface area (Å²) in [5.74, 6) is 1.73. The minimum atomic E-state index is -0.162. The zero-order chi connectivity index (χ0) is 41.6. The van der Waals surface area contributed by atoms with E-state index in [1.807, 2.05) is 32.1 Å². The fourth-order valence-corrected chi connectivity index (χ4v) is 9.88. The van der Waals surface area contributed by atoms with Gasteiger partial charge in [0.25, 0.3) is 0 Å². The van der Waals surface area contributed by atoms with Crippen molar-refractivity contribution in [1.29, 1.82) is 0 Å². The van der Waals surface area contributed by atoms with Crippen molar-refractivity contribution in [3.63, 3.8) is 0 Å². The van der Waals surface area contributed by atoms with Gasteiger partial charge in [0.05, 0.1) is 27.8 Å². The first-order valence-electron chi connectivity index (χ1n) is 20.9. The molecule has 1 aliphatic rings. The first kappa shape index (κ1) is 36.4. The predicted molar refractivity (Wildman–Crippen MR) is 257 cm³/mol. The van der Waals surface area contributed by atoms with Gasteiger partial charge in [-0.3, -0.25) is 0 Å². The standard InChI is InChI=1S/C56H43N5/c1-7-17-34(3)53-57-54(35(4)18-8-2)59-55(58-53)36-27-29-37(30-28-36)60-49-33-48(61-46-25-15-12-19-38(46)39-20-13-16-26-47(39)61)40-21-9-10-22-41(40)50(49)43-31-32-45-51(52(43)60)42-23-11-14-24-44(42)56(45,5)6/h7-33H,1,4H2,2-3,5-6H3/b18-8-,34-17+. The van der Waals surface area contributed by atoms with Crippen molar-refractivity contribution < 1.29 is 0 Å². The number of allylic oxidation sites excluding steroid dienone is 6. The maximum absolute atomic E-state index is 4.96. The van der Waals surface area contributed by atoms with Gasteiger partial charge in [-0.2, -0.15) is 0 Å². The van der Waals surface area contributed by atoms with Gasteiger partial charge in [0.1, 0.15) is 0 Å². The van der Waals surface area contributed by atoms with E-state index in [1.54, 1.807) is 6.08 Å². The number of aromatic nitrogens is 5. The molecular weight excluding hydrogens is 743 g/mol. The monoisotopic (exact) mass is 785 g/mol. The van der Waals surface area contributed by atoms with Crippen molar-refractivity contribution in [2.45, 2.75) is 33.1 Å². The Morgan fingerprint density at radius 2 is 1.26 bits per heavy atom. The molecule has 0 radical (unpaired) electrons. The van der Waals surface area contributed by atoms with Gasteiger partial charge in [-0.25, -0.2) is 15.0 Å². The Bertz CT molecular complexity index is 3500. The van der Waals surface area contributed by atoms with Crippen LogP contribution in [0.1, 0.15) is 50.5 Å². The van der Waals surface area contributed by atoms with E-state index in [1.165, 1.54) is 71.1 Å². The lowest BCUT2D eigenvalue weighted by Crippen LogP contribution is -2.14. The molecule has 0 aliphatic heterocycles. The molecule has 0 bridgehead atoms. The molecule has 5 nitrogen and oxygen atoms in total. The van der Waals surface area contributed by atoms with Crippen LogP contribution in [0.4, 0.5) is 0 Å². The summed E-state index contributed by atoms with van der Waals surface area (Å²) in [6.45, 7) is 16.8. The molecule has 5 heteroatoms. The van der Waals surface area contributed by atoms with E-state index >= 15 is 0 Å². The summed E-state index contributed by atoms with van der Waals surface area (Å²) in [7, 11) is 0. The molecule has 61 heavy (non-hydrogen) atoms. The summed E-state index contributed by atoms with van der Waals surface area (Å²) >= 11 is 0. The average molecular weight is 786 g/mol. The first-order valence-corrected chi connectivity index (χ1v) is 20.9. The van der Waals surface area contributed by atoms with Gasteiger partial charge in [-0.1, -0.05) is 148 Å². The number of nitrogens with zero attached hydrogens (tertiary/aromatic N) is 5. The number of hydrogen-bond donors (Lipinski definition) is 0. The molecule has 0 spiro atoms. The smallest absolute Gasteiger partial charge is 0.164 e. The van der Waals surface area contributed by atoms with E-state index in [9.17, 15) is 0 Å². The average Bonchev–Trinajstić information content (AvgIpc) is 3.89. The second-order valence-electron chi connectivity index (χ2n) is 16.6. The van der Waals surface area contributed by atoms with Gasteiger partial charge in [0.2, 0.25) is 0 Å². The van der Waals surface area contributed by atoms with Crippen LogP contribution in [0.3, 0.4) is 0 Å². The highest BCUT2D eigenvalue weighted by atomic mass is 15.0. The normalized spacial score (nSPS) is 13.5. The van der Waals surface area contributed by atoms with Crippen LogP contribution in [0, 0.1) is 0 Å². The summed E-state index contributed by atoms with van der Waals surface area (Å²) in [6, 6.07) is 51.3. The molecule has 0 fully saturated rings. The Morgan fingerprint density at radius 1 is 0.623 bits per heavy atom. The van der Waals surface area contributed by atoms with Gasteiger partial charge in [-0.05, 0) is 84.0 Å². The third kappa shape index (κ3) is 5.37. The molecule has 7 aromatic carbocycles. The van der Waals surface area contributed by atoms with Gasteiger partial charge in [0, 0.05) is 54.7 Å². The Kier molecular flexibility index (Phi) is 8.20. The molecule has 292 valence electrons. The van der Waals surface area contributed by atoms with Crippen LogP contribution >= 0.6 is 0 Å². The third-order valence-corrected chi connectivity index (χ3v) is 12.7. The lowest BCUT2D eigenvalue weighted by Gasteiger charge is -2.21. The molecule has 10 aromatic rings.